The Bertz CT molecular complexity index is 1790. The summed E-state index contributed by atoms with van der Waals surface area (Å²) in [6.07, 6.45) is -7.96. The van der Waals surface area contributed by atoms with Gasteiger partial charge >= 0.3 is 19.2 Å². The molecule has 2 aromatic heterocycles. The predicted molar refractivity (Wildman–Crippen MR) is 148 cm³/mol. The van der Waals surface area contributed by atoms with E-state index in [1.54, 1.807) is 0 Å². The van der Waals surface area contributed by atoms with Crippen LogP contribution in [-0.4, -0.2) is 90.3 Å². The first-order valence-corrected chi connectivity index (χ1v) is 15.3. The van der Waals surface area contributed by atoms with Gasteiger partial charge in [-0.3, -0.25) is 37.7 Å². The Kier molecular flexibility index (Phi) is 8.86. The summed E-state index contributed by atoms with van der Waals surface area (Å²) in [6, 6.07) is 11.5. The topological polar surface area (TPSA) is 243 Å². The van der Waals surface area contributed by atoms with Gasteiger partial charge in [-0.05, 0) is 5.56 Å². The van der Waals surface area contributed by atoms with E-state index in [-0.39, 0.29) is 0 Å². The molecule has 45 heavy (non-hydrogen) atoms. The molecular formula is C26H29N4O14P. The fourth-order valence-electron chi connectivity index (χ4n) is 5.39. The Balaban J connectivity index is 1.11. The number of aliphatic hydroxyl groups is 2. The van der Waals surface area contributed by atoms with Crippen LogP contribution >= 0.6 is 7.82 Å². The number of hydrogen-bond acceptors (Lipinski definition) is 13. The van der Waals surface area contributed by atoms with E-state index >= 15 is 0 Å². The van der Waals surface area contributed by atoms with E-state index < -0.39 is 98.9 Å². The lowest BCUT2D eigenvalue weighted by atomic mass is 10.1. The number of ether oxygens (including phenoxy) is 4. The highest BCUT2D eigenvalue weighted by molar-refractivity contribution is 7.47. The van der Waals surface area contributed by atoms with Crippen LogP contribution in [0.3, 0.4) is 0 Å². The van der Waals surface area contributed by atoms with Crippen molar-refractivity contribution in [3.63, 3.8) is 0 Å². The highest BCUT2D eigenvalue weighted by atomic mass is 31.2. The summed E-state index contributed by atoms with van der Waals surface area (Å²) in [4.78, 5) is 62.1. The van der Waals surface area contributed by atoms with Gasteiger partial charge in [0, 0.05) is 30.9 Å². The van der Waals surface area contributed by atoms with Gasteiger partial charge in [0.25, 0.3) is 11.1 Å². The number of H-pyrrole nitrogens is 2. The molecule has 3 aliphatic rings. The maximum atomic E-state index is 12.8. The molecule has 3 aliphatic heterocycles. The van der Waals surface area contributed by atoms with Crippen molar-refractivity contribution in [2.75, 3.05) is 13.2 Å². The minimum Gasteiger partial charge on any atom is -0.387 e. The van der Waals surface area contributed by atoms with Gasteiger partial charge < -0.3 is 34.1 Å². The van der Waals surface area contributed by atoms with Gasteiger partial charge in [-0.1, -0.05) is 30.3 Å². The molecule has 0 aliphatic carbocycles. The molecule has 10 atom stereocenters. The lowest BCUT2D eigenvalue weighted by Crippen LogP contribution is -2.37. The van der Waals surface area contributed by atoms with Crippen LogP contribution < -0.4 is 22.5 Å². The summed E-state index contributed by atoms with van der Waals surface area (Å²) >= 11 is 0. The minimum absolute atomic E-state index is 0.359. The Morgan fingerprint density at radius 3 is 1.91 bits per heavy atom. The second-order valence-corrected chi connectivity index (χ2v) is 12.0. The Hall–Kier alpha value is -3.55. The minimum atomic E-state index is -4.85. The number of rotatable bonds is 10. The fraction of sp³-hybridized carbons (Fsp3) is 0.462. The molecule has 18 nitrogen and oxygen atoms in total. The first kappa shape index (κ1) is 31.4. The third-order valence-corrected chi connectivity index (χ3v) is 8.49. The van der Waals surface area contributed by atoms with Gasteiger partial charge in [0.1, 0.15) is 36.6 Å². The molecule has 19 heteroatoms. The summed E-state index contributed by atoms with van der Waals surface area (Å²) in [5, 5.41) is 20.8. The van der Waals surface area contributed by atoms with Crippen LogP contribution in [0.1, 0.15) is 18.0 Å². The zero-order valence-electron chi connectivity index (χ0n) is 23.2. The standard InChI is InChI=1S/C26H29N4O14P/c31-16-6-8-29(25(35)27-16)23-20(34)19(33)14(41-23)11-39-45(37,38)40-12-15-21-22(24(42-15)30-9-7-17(32)28-26(30)36)44-18(43-21)10-13-4-2-1-3-5-13/h1-9,14-15,18-24,33-34H,10-12H2,(H,37,38)(H,27,31,35)(H,28,32,36)/t14?,15-,18?,19-,20-,21-,22-,23-,24-/m1/s1. The van der Waals surface area contributed by atoms with Gasteiger partial charge in [-0.15, -0.1) is 0 Å². The summed E-state index contributed by atoms with van der Waals surface area (Å²) in [5.74, 6) is 0. The van der Waals surface area contributed by atoms with Crippen LogP contribution in [0.5, 0.6) is 0 Å². The van der Waals surface area contributed by atoms with Gasteiger partial charge in [0.15, 0.2) is 18.7 Å². The van der Waals surface area contributed by atoms with Crippen molar-refractivity contribution < 1.29 is 47.7 Å². The zero-order chi connectivity index (χ0) is 31.9. The number of hydrogen-bond donors (Lipinski definition) is 5. The monoisotopic (exact) mass is 652 g/mol. The average molecular weight is 653 g/mol. The smallest absolute Gasteiger partial charge is 0.387 e. The quantitative estimate of drug-likeness (QED) is 0.150. The van der Waals surface area contributed by atoms with E-state index in [4.69, 9.17) is 28.0 Å². The maximum Gasteiger partial charge on any atom is 0.472 e. The van der Waals surface area contributed by atoms with E-state index in [9.17, 15) is 38.8 Å². The van der Waals surface area contributed by atoms with Gasteiger partial charge in [0.2, 0.25) is 0 Å². The molecule has 3 unspecified atom stereocenters. The van der Waals surface area contributed by atoms with Crippen LogP contribution in [0, 0.1) is 0 Å². The largest absolute Gasteiger partial charge is 0.472 e. The predicted octanol–water partition coefficient (Wildman–Crippen LogP) is -1.91. The highest BCUT2D eigenvalue weighted by Crippen LogP contribution is 2.47. The van der Waals surface area contributed by atoms with Crippen molar-refractivity contribution in [3.05, 3.63) is 102 Å². The van der Waals surface area contributed by atoms with Gasteiger partial charge in [0.05, 0.1) is 13.2 Å². The zero-order valence-corrected chi connectivity index (χ0v) is 24.1. The van der Waals surface area contributed by atoms with E-state index in [0.717, 1.165) is 33.0 Å². The van der Waals surface area contributed by atoms with Crippen molar-refractivity contribution in [1.29, 1.82) is 0 Å². The first-order valence-electron chi connectivity index (χ1n) is 13.8. The van der Waals surface area contributed by atoms with Crippen LogP contribution in [-0.2, 0) is 39.0 Å². The van der Waals surface area contributed by atoms with Crippen LogP contribution in [0.4, 0.5) is 0 Å². The molecule has 0 amide bonds. The van der Waals surface area contributed by atoms with Gasteiger partial charge in [-0.2, -0.15) is 0 Å². The molecule has 0 spiro atoms. The van der Waals surface area contributed by atoms with Gasteiger partial charge in [-0.25, -0.2) is 14.2 Å². The molecular weight excluding hydrogens is 623 g/mol. The van der Waals surface area contributed by atoms with Crippen molar-refractivity contribution in [1.82, 2.24) is 19.1 Å². The number of nitrogens with one attached hydrogen (secondary N) is 2. The Morgan fingerprint density at radius 2 is 1.29 bits per heavy atom. The summed E-state index contributed by atoms with van der Waals surface area (Å²) < 4.78 is 48.5. The molecule has 0 radical (unpaired) electrons. The molecule has 0 saturated carbocycles. The molecule has 5 heterocycles. The Labute approximate surface area is 251 Å². The number of phosphoric ester groups is 1. The molecule has 6 rings (SSSR count). The number of benzene rings is 1. The molecule has 3 aromatic rings. The second kappa shape index (κ2) is 12.7. The third kappa shape index (κ3) is 6.70. The van der Waals surface area contributed by atoms with E-state index in [2.05, 4.69) is 4.98 Å². The van der Waals surface area contributed by atoms with Crippen molar-refractivity contribution in [2.45, 2.75) is 61.8 Å². The molecule has 1 aromatic carbocycles. The first-order chi connectivity index (χ1) is 21.5. The number of aromatic amines is 2. The van der Waals surface area contributed by atoms with E-state index in [1.165, 1.54) is 6.20 Å². The average Bonchev–Trinajstić information content (AvgIpc) is 3.64. The molecule has 3 saturated heterocycles. The summed E-state index contributed by atoms with van der Waals surface area (Å²) in [5.41, 5.74) is -2.05. The van der Waals surface area contributed by atoms with Crippen molar-refractivity contribution in [3.8, 4) is 0 Å². The van der Waals surface area contributed by atoms with Crippen LogP contribution in [0.15, 0.2) is 74.0 Å². The lowest BCUT2D eigenvalue weighted by molar-refractivity contribution is -0.151. The van der Waals surface area contributed by atoms with E-state index in [0.29, 0.717) is 6.42 Å². The van der Waals surface area contributed by atoms with Crippen molar-refractivity contribution >= 4 is 7.82 Å². The number of phosphoric acid groups is 1. The van der Waals surface area contributed by atoms with Crippen LogP contribution in [0.25, 0.3) is 0 Å². The second-order valence-electron chi connectivity index (χ2n) is 10.5. The molecule has 0 bridgehead atoms. The molecule has 242 valence electrons. The number of fused-ring (bicyclic) bond motifs is 1. The number of aromatic nitrogens is 4. The van der Waals surface area contributed by atoms with Crippen LogP contribution in [0.2, 0.25) is 0 Å². The summed E-state index contributed by atoms with van der Waals surface area (Å²) in [7, 11) is -4.85. The third-order valence-electron chi connectivity index (χ3n) is 7.54. The van der Waals surface area contributed by atoms with E-state index in [1.807, 2.05) is 35.3 Å². The lowest BCUT2D eigenvalue weighted by Gasteiger charge is -2.22. The fourth-order valence-corrected chi connectivity index (χ4v) is 6.13. The molecule has 3 fully saturated rings. The maximum absolute atomic E-state index is 12.8. The highest BCUT2D eigenvalue weighted by Gasteiger charge is 2.54. The SMILES string of the molecule is O=c1ccn([C@@H]2OC(COP(=O)(O)OC[C@H]3O[C@@H](n4ccc(=O)[nH]c4=O)[C@@H]4OC(Cc5ccccc5)O[C@@H]43)[C@@H](O)[C@H]2O)c(=O)[nH]1. The molecule has 5 N–H and O–H groups in total. The van der Waals surface area contributed by atoms with Crippen molar-refractivity contribution in [2.24, 2.45) is 0 Å². The summed E-state index contributed by atoms with van der Waals surface area (Å²) in [6.45, 7) is -1.29. The normalized spacial score (nSPS) is 32.4. The number of nitrogens with zero attached hydrogens (tertiary/aromatic N) is 2. The Morgan fingerprint density at radius 1 is 0.733 bits per heavy atom. The number of aliphatic hydroxyl groups excluding tert-OH is 2.